The van der Waals surface area contributed by atoms with Gasteiger partial charge < -0.3 is 15.5 Å². The molecule has 0 fully saturated rings. The number of phenolic OH excluding ortho intramolecular Hbond substituents is 2. The molecule has 0 radical (unpaired) electrons. The van der Waals surface area contributed by atoms with E-state index in [1.54, 1.807) is 12.1 Å². The summed E-state index contributed by atoms with van der Waals surface area (Å²) in [7, 11) is 0. The fraction of sp³-hybridized carbons (Fsp3) is 0. The number of nitrogens with one attached hydrogen (secondary N) is 2. The van der Waals surface area contributed by atoms with Crippen LogP contribution in [0, 0.1) is 5.82 Å². The van der Waals surface area contributed by atoms with Crippen LogP contribution in [-0.2, 0) is 0 Å². The van der Waals surface area contributed by atoms with Crippen LogP contribution in [0.4, 0.5) is 10.1 Å². The molecule has 0 unspecified atom stereocenters. The van der Waals surface area contributed by atoms with Crippen LogP contribution in [-0.4, -0.2) is 28.2 Å². The van der Waals surface area contributed by atoms with E-state index in [4.69, 9.17) is 0 Å². The summed E-state index contributed by atoms with van der Waals surface area (Å²) in [5, 5.41) is 25.0. The van der Waals surface area contributed by atoms with Crippen molar-refractivity contribution in [1.29, 1.82) is 0 Å². The number of phenols is 2. The third kappa shape index (κ3) is 4.75. The number of aromatic hydroxyl groups is 2. The van der Waals surface area contributed by atoms with E-state index in [9.17, 15) is 24.2 Å². The van der Waals surface area contributed by atoms with Crippen LogP contribution >= 0.6 is 0 Å². The highest BCUT2D eigenvalue weighted by Gasteiger charge is 2.15. The lowest BCUT2D eigenvalue weighted by Gasteiger charge is -2.10. The van der Waals surface area contributed by atoms with Gasteiger partial charge in [-0.05, 0) is 48.0 Å². The Labute approximate surface area is 165 Å². The highest BCUT2D eigenvalue weighted by atomic mass is 19.1. The number of amides is 2. The summed E-state index contributed by atoms with van der Waals surface area (Å²) < 4.78 is 13.8. The SMILES string of the molecule is O=C(Nc1ccccc1C(=O)N/N=C/c1ccc(O)c(O)c1)c1ccccc1F. The first-order valence-corrected chi connectivity index (χ1v) is 8.46. The maximum Gasteiger partial charge on any atom is 0.273 e. The number of nitrogens with zero attached hydrogens (tertiary/aromatic N) is 1. The fourth-order valence-corrected chi connectivity index (χ4v) is 2.47. The van der Waals surface area contributed by atoms with Crippen molar-refractivity contribution < 1.29 is 24.2 Å². The quantitative estimate of drug-likeness (QED) is 0.303. The van der Waals surface area contributed by atoms with Crippen LogP contribution in [0.3, 0.4) is 0 Å². The zero-order valence-corrected chi connectivity index (χ0v) is 15.0. The van der Waals surface area contributed by atoms with Crippen molar-refractivity contribution in [1.82, 2.24) is 5.43 Å². The van der Waals surface area contributed by atoms with Crippen molar-refractivity contribution in [3.63, 3.8) is 0 Å². The van der Waals surface area contributed by atoms with Crippen molar-refractivity contribution >= 4 is 23.7 Å². The molecule has 3 aromatic rings. The number of hydrogen-bond acceptors (Lipinski definition) is 5. The standard InChI is InChI=1S/C21H16FN3O4/c22-16-7-3-1-5-14(16)20(28)24-17-8-4-2-6-15(17)21(29)25-23-12-13-9-10-18(26)19(27)11-13/h1-12,26-27H,(H,24,28)(H,25,29)/b23-12+. The van der Waals surface area contributed by atoms with Crippen molar-refractivity contribution in [3.05, 3.63) is 89.2 Å². The Morgan fingerprint density at radius 1 is 0.862 bits per heavy atom. The Morgan fingerprint density at radius 2 is 1.55 bits per heavy atom. The van der Waals surface area contributed by atoms with Gasteiger partial charge in [0, 0.05) is 0 Å². The molecule has 0 bridgehead atoms. The highest BCUT2D eigenvalue weighted by molar-refractivity contribution is 6.09. The smallest absolute Gasteiger partial charge is 0.273 e. The predicted octanol–water partition coefficient (Wildman–Crippen LogP) is 3.25. The van der Waals surface area contributed by atoms with E-state index >= 15 is 0 Å². The van der Waals surface area contributed by atoms with Crippen molar-refractivity contribution in [3.8, 4) is 11.5 Å². The first kappa shape index (κ1) is 19.6. The number of anilines is 1. The topological polar surface area (TPSA) is 111 Å². The summed E-state index contributed by atoms with van der Waals surface area (Å²) in [5.41, 5.74) is 2.93. The number of rotatable bonds is 5. The first-order valence-electron chi connectivity index (χ1n) is 8.46. The van der Waals surface area contributed by atoms with Crippen LogP contribution in [0.25, 0.3) is 0 Å². The molecule has 0 spiro atoms. The Bertz CT molecular complexity index is 1100. The maximum atomic E-state index is 13.8. The number of benzene rings is 3. The van der Waals surface area contributed by atoms with Crippen molar-refractivity contribution in [2.75, 3.05) is 5.32 Å². The first-order chi connectivity index (χ1) is 14.0. The van der Waals surface area contributed by atoms with Gasteiger partial charge in [-0.15, -0.1) is 0 Å². The lowest BCUT2D eigenvalue weighted by atomic mass is 10.1. The molecule has 0 aliphatic carbocycles. The number of carbonyl (C=O) groups is 2. The minimum absolute atomic E-state index is 0.128. The van der Waals surface area contributed by atoms with Gasteiger partial charge in [0.25, 0.3) is 11.8 Å². The molecule has 146 valence electrons. The second kappa shape index (κ2) is 8.66. The van der Waals surface area contributed by atoms with Gasteiger partial charge in [0.1, 0.15) is 5.82 Å². The lowest BCUT2D eigenvalue weighted by Crippen LogP contribution is -2.21. The monoisotopic (exact) mass is 393 g/mol. The molecular formula is C21H16FN3O4. The van der Waals surface area contributed by atoms with Gasteiger partial charge in [-0.2, -0.15) is 5.10 Å². The molecule has 0 saturated carbocycles. The molecule has 29 heavy (non-hydrogen) atoms. The predicted molar refractivity (Wildman–Crippen MR) is 106 cm³/mol. The van der Waals surface area contributed by atoms with Gasteiger partial charge in [-0.1, -0.05) is 24.3 Å². The minimum atomic E-state index is -0.689. The van der Waals surface area contributed by atoms with Crippen LogP contribution in [0.15, 0.2) is 71.8 Å². The van der Waals surface area contributed by atoms with Crippen LogP contribution in [0.5, 0.6) is 11.5 Å². The summed E-state index contributed by atoms with van der Waals surface area (Å²) in [6.45, 7) is 0. The van der Waals surface area contributed by atoms with Crippen LogP contribution in [0.2, 0.25) is 0 Å². The van der Waals surface area contributed by atoms with Gasteiger partial charge >= 0.3 is 0 Å². The second-order valence-electron chi connectivity index (χ2n) is 5.93. The zero-order chi connectivity index (χ0) is 20.8. The molecule has 3 aromatic carbocycles. The molecule has 3 rings (SSSR count). The molecule has 8 heteroatoms. The van der Waals surface area contributed by atoms with Crippen LogP contribution < -0.4 is 10.7 Å². The largest absolute Gasteiger partial charge is 0.504 e. The Morgan fingerprint density at radius 3 is 2.28 bits per heavy atom. The van der Waals surface area contributed by atoms with E-state index in [0.717, 1.165) is 0 Å². The summed E-state index contributed by atoms with van der Waals surface area (Å²) >= 11 is 0. The van der Waals surface area contributed by atoms with E-state index in [2.05, 4.69) is 15.8 Å². The number of para-hydroxylation sites is 1. The average molecular weight is 393 g/mol. The second-order valence-corrected chi connectivity index (χ2v) is 5.93. The molecule has 0 aromatic heterocycles. The van der Waals surface area contributed by atoms with E-state index in [0.29, 0.717) is 5.56 Å². The van der Waals surface area contributed by atoms with Crippen LogP contribution in [0.1, 0.15) is 26.3 Å². The average Bonchev–Trinajstić information content (AvgIpc) is 2.71. The molecule has 0 aliphatic rings. The minimum Gasteiger partial charge on any atom is -0.504 e. The number of hydrazone groups is 1. The summed E-state index contributed by atoms with van der Waals surface area (Å²) in [5.74, 6) is -2.55. The molecule has 7 nitrogen and oxygen atoms in total. The number of carbonyl (C=O) groups excluding carboxylic acids is 2. The molecular weight excluding hydrogens is 377 g/mol. The number of hydrogen-bond donors (Lipinski definition) is 4. The van der Waals surface area contributed by atoms with Gasteiger partial charge in [0.2, 0.25) is 0 Å². The third-order valence-corrected chi connectivity index (χ3v) is 3.92. The Balaban J connectivity index is 1.73. The Hall–Kier alpha value is -4.20. The van der Waals surface area contributed by atoms with E-state index in [-0.39, 0.29) is 28.3 Å². The van der Waals surface area contributed by atoms with Crippen molar-refractivity contribution in [2.24, 2.45) is 5.10 Å². The summed E-state index contributed by atoms with van der Waals surface area (Å²) in [6.07, 6.45) is 1.28. The van der Waals surface area contributed by atoms with E-state index in [1.165, 1.54) is 60.8 Å². The lowest BCUT2D eigenvalue weighted by molar-refractivity contribution is 0.0956. The molecule has 4 N–H and O–H groups in total. The molecule has 0 aliphatic heterocycles. The van der Waals surface area contributed by atoms with Gasteiger partial charge in [0.05, 0.1) is 23.0 Å². The summed E-state index contributed by atoms with van der Waals surface area (Å²) in [6, 6.07) is 15.8. The van der Waals surface area contributed by atoms with Crippen molar-refractivity contribution in [2.45, 2.75) is 0 Å². The van der Waals surface area contributed by atoms with Gasteiger partial charge in [0.15, 0.2) is 11.5 Å². The Kier molecular flexibility index (Phi) is 5.84. The third-order valence-electron chi connectivity index (χ3n) is 3.92. The normalized spacial score (nSPS) is 10.7. The van der Waals surface area contributed by atoms with Gasteiger partial charge in [-0.3, -0.25) is 9.59 Å². The number of halogens is 1. The van der Waals surface area contributed by atoms with Gasteiger partial charge in [-0.25, -0.2) is 9.82 Å². The molecule has 0 saturated heterocycles. The highest BCUT2D eigenvalue weighted by Crippen LogP contribution is 2.24. The fourth-order valence-electron chi connectivity index (χ4n) is 2.47. The summed E-state index contributed by atoms with van der Waals surface area (Å²) in [4.78, 5) is 24.7. The van der Waals surface area contributed by atoms with E-state index < -0.39 is 17.6 Å². The molecule has 0 atom stereocenters. The maximum absolute atomic E-state index is 13.8. The van der Waals surface area contributed by atoms with E-state index in [1.807, 2.05) is 0 Å². The zero-order valence-electron chi connectivity index (χ0n) is 15.0. The molecule has 0 heterocycles. The molecule has 2 amide bonds.